The van der Waals surface area contributed by atoms with Gasteiger partial charge in [0, 0.05) is 20.2 Å². The molecule has 1 aromatic carbocycles. The molecule has 3 nitrogen and oxygen atoms in total. The van der Waals surface area contributed by atoms with Crippen LogP contribution in [0.2, 0.25) is 0 Å². The standard InChI is InChI=1S/C15H23NO2/c1-18-11-13-7-5-12(6-8-13)9-16-10-14-3-2-4-15(14)17/h5-8,14-17H,2-4,9-11H2,1H3. The number of nitrogens with one attached hydrogen (secondary N) is 1. The minimum Gasteiger partial charge on any atom is -0.393 e. The van der Waals surface area contributed by atoms with Crippen LogP contribution in [0.25, 0.3) is 0 Å². The summed E-state index contributed by atoms with van der Waals surface area (Å²) in [7, 11) is 1.71. The maximum Gasteiger partial charge on any atom is 0.0713 e. The van der Waals surface area contributed by atoms with Crippen molar-refractivity contribution in [3.05, 3.63) is 35.4 Å². The van der Waals surface area contributed by atoms with Gasteiger partial charge in [-0.2, -0.15) is 0 Å². The quantitative estimate of drug-likeness (QED) is 0.811. The number of hydrogen-bond donors (Lipinski definition) is 2. The molecule has 0 bridgehead atoms. The summed E-state index contributed by atoms with van der Waals surface area (Å²) in [5.74, 6) is 0.442. The SMILES string of the molecule is COCc1ccc(CNCC2CCCC2O)cc1. The Balaban J connectivity index is 1.72. The van der Waals surface area contributed by atoms with Gasteiger partial charge in [0.1, 0.15) is 0 Å². The summed E-state index contributed by atoms with van der Waals surface area (Å²) in [5.41, 5.74) is 2.48. The van der Waals surface area contributed by atoms with E-state index in [1.165, 1.54) is 17.5 Å². The van der Waals surface area contributed by atoms with Gasteiger partial charge in [-0.3, -0.25) is 0 Å². The molecule has 2 N–H and O–H groups in total. The highest BCUT2D eigenvalue weighted by Crippen LogP contribution is 2.24. The second-order valence-corrected chi connectivity index (χ2v) is 5.14. The summed E-state index contributed by atoms with van der Waals surface area (Å²) >= 11 is 0. The predicted molar refractivity (Wildman–Crippen MR) is 72.2 cm³/mol. The maximum atomic E-state index is 9.73. The Morgan fingerprint density at radius 1 is 1.22 bits per heavy atom. The molecular formula is C15H23NO2. The van der Waals surface area contributed by atoms with Crippen LogP contribution in [0.3, 0.4) is 0 Å². The summed E-state index contributed by atoms with van der Waals surface area (Å²) < 4.78 is 5.08. The molecule has 1 aliphatic rings. The van der Waals surface area contributed by atoms with Crippen LogP contribution in [0.1, 0.15) is 30.4 Å². The molecule has 1 fully saturated rings. The highest BCUT2D eigenvalue weighted by molar-refractivity contribution is 5.21. The molecule has 1 aromatic rings. The molecule has 100 valence electrons. The average Bonchev–Trinajstić information content (AvgIpc) is 2.78. The van der Waals surface area contributed by atoms with Crippen molar-refractivity contribution in [2.75, 3.05) is 13.7 Å². The zero-order valence-electron chi connectivity index (χ0n) is 11.1. The van der Waals surface area contributed by atoms with Crippen LogP contribution < -0.4 is 5.32 Å². The zero-order chi connectivity index (χ0) is 12.8. The number of rotatable bonds is 6. The fourth-order valence-electron chi connectivity index (χ4n) is 2.58. The maximum absolute atomic E-state index is 9.73. The fourth-order valence-corrected chi connectivity index (χ4v) is 2.58. The monoisotopic (exact) mass is 249 g/mol. The van der Waals surface area contributed by atoms with Crippen molar-refractivity contribution in [1.29, 1.82) is 0 Å². The van der Waals surface area contributed by atoms with Crippen LogP contribution in [0, 0.1) is 5.92 Å². The smallest absolute Gasteiger partial charge is 0.0713 e. The fraction of sp³-hybridized carbons (Fsp3) is 0.600. The van der Waals surface area contributed by atoms with Gasteiger partial charge in [0.15, 0.2) is 0 Å². The molecule has 0 saturated heterocycles. The molecule has 2 unspecified atom stereocenters. The molecule has 18 heavy (non-hydrogen) atoms. The first kappa shape index (κ1) is 13.5. The lowest BCUT2D eigenvalue weighted by molar-refractivity contribution is 0.131. The molecule has 0 aromatic heterocycles. The summed E-state index contributed by atoms with van der Waals surface area (Å²) in [5, 5.41) is 13.2. The summed E-state index contributed by atoms with van der Waals surface area (Å²) in [6.07, 6.45) is 3.19. The van der Waals surface area contributed by atoms with Crippen molar-refractivity contribution >= 4 is 0 Å². The first-order valence-electron chi connectivity index (χ1n) is 6.75. The average molecular weight is 249 g/mol. The minimum absolute atomic E-state index is 0.0958. The van der Waals surface area contributed by atoms with E-state index in [-0.39, 0.29) is 6.10 Å². The highest BCUT2D eigenvalue weighted by Gasteiger charge is 2.24. The van der Waals surface area contributed by atoms with Gasteiger partial charge in [0.25, 0.3) is 0 Å². The number of hydrogen-bond acceptors (Lipinski definition) is 3. The molecule has 0 heterocycles. The van der Waals surface area contributed by atoms with Gasteiger partial charge < -0.3 is 15.2 Å². The summed E-state index contributed by atoms with van der Waals surface area (Å²) in [6, 6.07) is 8.47. The van der Waals surface area contributed by atoms with Crippen molar-refractivity contribution in [2.45, 2.75) is 38.5 Å². The first-order chi connectivity index (χ1) is 8.79. The van der Waals surface area contributed by atoms with Crippen LogP contribution in [0.4, 0.5) is 0 Å². The van der Waals surface area contributed by atoms with Crippen LogP contribution in [0.5, 0.6) is 0 Å². The van der Waals surface area contributed by atoms with E-state index >= 15 is 0 Å². The zero-order valence-corrected chi connectivity index (χ0v) is 11.1. The van der Waals surface area contributed by atoms with Crippen LogP contribution in [-0.2, 0) is 17.9 Å². The van der Waals surface area contributed by atoms with E-state index in [2.05, 4.69) is 29.6 Å². The molecule has 1 aliphatic carbocycles. The number of ether oxygens (including phenoxy) is 1. The summed E-state index contributed by atoms with van der Waals surface area (Å²) in [6.45, 7) is 2.46. The van der Waals surface area contributed by atoms with Crippen LogP contribution in [0.15, 0.2) is 24.3 Å². The van der Waals surface area contributed by atoms with Gasteiger partial charge in [-0.05, 0) is 29.9 Å². The van der Waals surface area contributed by atoms with E-state index in [1.54, 1.807) is 7.11 Å². The van der Waals surface area contributed by atoms with E-state index in [4.69, 9.17) is 4.74 Å². The Morgan fingerprint density at radius 2 is 1.94 bits per heavy atom. The van der Waals surface area contributed by atoms with Crippen LogP contribution in [-0.4, -0.2) is 24.9 Å². The summed E-state index contributed by atoms with van der Waals surface area (Å²) in [4.78, 5) is 0. The number of aliphatic hydroxyl groups is 1. The van der Waals surface area contributed by atoms with Gasteiger partial charge in [-0.25, -0.2) is 0 Å². The third kappa shape index (κ3) is 3.80. The van der Waals surface area contributed by atoms with Gasteiger partial charge >= 0.3 is 0 Å². The third-order valence-electron chi connectivity index (χ3n) is 3.69. The lowest BCUT2D eigenvalue weighted by Gasteiger charge is -2.15. The third-order valence-corrected chi connectivity index (χ3v) is 3.69. The van der Waals surface area contributed by atoms with E-state index in [1.807, 2.05) is 0 Å². The Kier molecular flexibility index (Phi) is 5.17. The highest BCUT2D eigenvalue weighted by atomic mass is 16.5. The molecule has 1 saturated carbocycles. The second-order valence-electron chi connectivity index (χ2n) is 5.14. The molecule has 2 atom stereocenters. The lowest BCUT2D eigenvalue weighted by Crippen LogP contribution is -2.27. The number of methoxy groups -OCH3 is 1. The molecule has 3 heteroatoms. The number of aliphatic hydroxyl groups excluding tert-OH is 1. The Hall–Kier alpha value is -0.900. The van der Waals surface area contributed by atoms with Crippen molar-refractivity contribution in [3.8, 4) is 0 Å². The lowest BCUT2D eigenvalue weighted by atomic mass is 10.1. The van der Waals surface area contributed by atoms with E-state index < -0.39 is 0 Å². The van der Waals surface area contributed by atoms with Crippen molar-refractivity contribution < 1.29 is 9.84 Å². The molecule has 0 amide bonds. The van der Waals surface area contributed by atoms with E-state index in [9.17, 15) is 5.11 Å². The second kappa shape index (κ2) is 6.88. The van der Waals surface area contributed by atoms with Gasteiger partial charge in [-0.1, -0.05) is 30.7 Å². The Labute approximate surface area is 109 Å². The molecule has 0 aliphatic heterocycles. The molecular weight excluding hydrogens is 226 g/mol. The van der Waals surface area contributed by atoms with E-state index in [0.29, 0.717) is 12.5 Å². The number of benzene rings is 1. The van der Waals surface area contributed by atoms with Crippen LogP contribution >= 0.6 is 0 Å². The molecule has 0 spiro atoms. The minimum atomic E-state index is -0.0958. The first-order valence-corrected chi connectivity index (χ1v) is 6.75. The van der Waals surface area contributed by atoms with Gasteiger partial charge in [0.2, 0.25) is 0 Å². The topological polar surface area (TPSA) is 41.5 Å². The molecule has 2 rings (SSSR count). The van der Waals surface area contributed by atoms with Gasteiger partial charge in [0.05, 0.1) is 12.7 Å². The normalized spacial score (nSPS) is 23.4. The van der Waals surface area contributed by atoms with Crippen molar-refractivity contribution in [2.24, 2.45) is 5.92 Å². The van der Waals surface area contributed by atoms with Crippen molar-refractivity contribution in [3.63, 3.8) is 0 Å². The molecule has 0 radical (unpaired) electrons. The van der Waals surface area contributed by atoms with E-state index in [0.717, 1.165) is 25.9 Å². The Bertz CT molecular complexity index is 350. The van der Waals surface area contributed by atoms with Crippen molar-refractivity contribution in [1.82, 2.24) is 5.32 Å². The largest absolute Gasteiger partial charge is 0.393 e. The predicted octanol–water partition coefficient (Wildman–Crippen LogP) is 2.08. The van der Waals surface area contributed by atoms with Gasteiger partial charge in [-0.15, -0.1) is 0 Å². The Morgan fingerprint density at radius 3 is 2.56 bits per heavy atom.